The first-order chi connectivity index (χ1) is 14.3. The second-order valence-corrected chi connectivity index (χ2v) is 7.94. The minimum Gasteiger partial charge on any atom is -0.484 e. The van der Waals surface area contributed by atoms with Crippen molar-refractivity contribution in [2.45, 2.75) is 53.1 Å². The summed E-state index contributed by atoms with van der Waals surface area (Å²) in [6.45, 7) is 8.59. The first-order valence-corrected chi connectivity index (χ1v) is 10.7. The zero-order chi connectivity index (χ0) is 22.1. The summed E-state index contributed by atoms with van der Waals surface area (Å²) in [7, 11) is 0. The molecule has 0 aliphatic rings. The van der Waals surface area contributed by atoms with Crippen LogP contribution in [0.5, 0.6) is 5.75 Å². The lowest BCUT2D eigenvalue weighted by molar-refractivity contribution is -0.142. The fourth-order valence-electron chi connectivity index (χ4n) is 2.94. The Morgan fingerprint density at radius 3 is 2.43 bits per heavy atom. The van der Waals surface area contributed by atoms with Crippen molar-refractivity contribution in [3.05, 3.63) is 64.2 Å². The number of hydrogen-bond donors (Lipinski definition) is 1. The first-order valence-electron chi connectivity index (χ1n) is 10.3. The van der Waals surface area contributed by atoms with E-state index in [1.165, 1.54) is 0 Å². The van der Waals surface area contributed by atoms with Crippen LogP contribution in [0.25, 0.3) is 0 Å². The molecule has 0 heterocycles. The standard InChI is InChI=1S/C24H31ClN2O3/c1-5-6-13-26-24(29)19(4)27(15-20-8-10-21(25)11-9-20)23(28)16-30-22-12-7-17(2)18(3)14-22/h7-12,14,19H,5-6,13,15-16H2,1-4H3,(H,26,29)/t19-/m1/s1. The minimum absolute atomic E-state index is 0.136. The fraction of sp³-hybridized carbons (Fsp3) is 0.417. The maximum Gasteiger partial charge on any atom is 0.261 e. The fourth-order valence-corrected chi connectivity index (χ4v) is 3.06. The van der Waals surface area contributed by atoms with Gasteiger partial charge in [-0.05, 0) is 68.1 Å². The van der Waals surface area contributed by atoms with Gasteiger partial charge in [-0.25, -0.2) is 0 Å². The molecule has 0 saturated heterocycles. The Kier molecular flexibility index (Phi) is 9.18. The van der Waals surface area contributed by atoms with E-state index < -0.39 is 6.04 Å². The minimum atomic E-state index is -0.617. The van der Waals surface area contributed by atoms with Gasteiger partial charge in [-0.2, -0.15) is 0 Å². The van der Waals surface area contributed by atoms with Crippen LogP contribution in [0, 0.1) is 13.8 Å². The number of carbonyl (C=O) groups excluding carboxylic acids is 2. The maximum absolute atomic E-state index is 13.0. The van der Waals surface area contributed by atoms with Gasteiger partial charge in [0.2, 0.25) is 5.91 Å². The lowest BCUT2D eigenvalue weighted by Gasteiger charge is -2.28. The Bertz CT molecular complexity index is 852. The molecule has 1 atom stereocenters. The largest absolute Gasteiger partial charge is 0.484 e. The van der Waals surface area contributed by atoms with Gasteiger partial charge in [0.15, 0.2) is 6.61 Å². The Morgan fingerprint density at radius 1 is 1.10 bits per heavy atom. The third-order valence-electron chi connectivity index (χ3n) is 5.10. The lowest BCUT2D eigenvalue weighted by atomic mass is 10.1. The molecule has 0 spiro atoms. The van der Waals surface area contributed by atoms with Crippen LogP contribution in [0.15, 0.2) is 42.5 Å². The van der Waals surface area contributed by atoms with Gasteiger partial charge in [0.05, 0.1) is 0 Å². The molecular weight excluding hydrogens is 400 g/mol. The van der Waals surface area contributed by atoms with Gasteiger partial charge in [0, 0.05) is 18.1 Å². The van der Waals surface area contributed by atoms with E-state index in [9.17, 15) is 9.59 Å². The van der Waals surface area contributed by atoms with Crippen molar-refractivity contribution in [2.24, 2.45) is 0 Å². The van der Waals surface area contributed by atoms with Gasteiger partial charge in [-0.15, -0.1) is 0 Å². The number of aryl methyl sites for hydroxylation is 2. The summed E-state index contributed by atoms with van der Waals surface area (Å²) in [6, 6.07) is 12.4. The highest BCUT2D eigenvalue weighted by Gasteiger charge is 2.26. The summed E-state index contributed by atoms with van der Waals surface area (Å²) in [5.74, 6) is 0.219. The molecule has 162 valence electrons. The average molecular weight is 431 g/mol. The van der Waals surface area contributed by atoms with Crippen molar-refractivity contribution in [2.75, 3.05) is 13.2 Å². The predicted molar refractivity (Wildman–Crippen MR) is 121 cm³/mol. The monoisotopic (exact) mass is 430 g/mol. The summed E-state index contributed by atoms with van der Waals surface area (Å²) < 4.78 is 5.73. The molecule has 2 rings (SSSR count). The molecule has 1 N–H and O–H groups in total. The van der Waals surface area contributed by atoms with Crippen LogP contribution in [0.4, 0.5) is 0 Å². The Morgan fingerprint density at radius 2 is 1.80 bits per heavy atom. The molecule has 0 saturated carbocycles. The number of rotatable bonds is 10. The molecule has 6 heteroatoms. The molecule has 0 unspecified atom stereocenters. The van der Waals surface area contributed by atoms with E-state index in [4.69, 9.17) is 16.3 Å². The van der Waals surface area contributed by atoms with Crippen LogP contribution in [-0.4, -0.2) is 35.9 Å². The summed E-state index contributed by atoms with van der Waals surface area (Å²) >= 11 is 5.97. The molecule has 2 aromatic rings. The lowest BCUT2D eigenvalue weighted by Crippen LogP contribution is -2.49. The van der Waals surface area contributed by atoms with Crippen LogP contribution >= 0.6 is 11.6 Å². The van der Waals surface area contributed by atoms with Gasteiger partial charge in [0.25, 0.3) is 5.91 Å². The topological polar surface area (TPSA) is 58.6 Å². The van der Waals surface area contributed by atoms with Crippen molar-refractivity contribution in [3.63, 3.8) is 0 Å². The third kappa shape index (κ3) is 7.06. The summed E-state index contributed by atoms with van der Waals surface area (Å²) in [5.41, 5.74) is 3.16. The summed E-state index contributed by atoms with van der Waals surface area (Å²) in [4.78, 5) is 27.2. The summed E-state index contributed by atoms with van der Waals surface area (Å²) in [6.07, 6.45) is 1.89. The molecule has 0 aliphatic carbocycles. The molecule has 5 nitrogen and oxygen atoms in total. The highest BCUT2D eigenvalue weighted by atomic mass is 35.5. The van der Waals surface area contributed by atoms with Crippen LogP contribution in [-0.2, 0) is 16.1 Å². The van der Waals surface area contributed by atoms with Crippen molar-refractivity contribution < 1.29 is 14.3 Å². The quantitative estimate of drug-likeness (QED) is 0.557. The molecule has 0 aliphatic heterocycles. The average Bonchev–Trinajstić information content (AvgIpc) is 2.73. The van der Waals surface area contributed by atoms with Crippen molar-refractivity contribution in [1.29, 1.82) is 0 Å². The Labute approximate surface area is 184 Å². The zero-order valence-corrected chi connectivity index (χ0v) is 19.0. The maximum atomic E-state index is 13.0. The number of amides is 2. The Hall–Kier alpha value is -2.53. The zero-order valence-electron chi connectivity index (χ0n) is 18.2. The summed E-state index contributed by atoms with van der Waals surface area (Å²) in [5, 5.41) is 3.53. The SMILES string of the molecule is CCCCNC(=O)[C@@H](C)N(Cc1ccc(Cl)cc1)C(=O)COc1ccc(C)c(C)c1. The van der Waals surface area contributed by atoms with Crippen molar-refractivity contribution in [1.82, 2.24) is 10.2 Å². The molecule has 0 aromatic heterocycles. The second kappa shape index (κ2) is 11.6. The van der Waals surface area contributed by atoms with Crippen LogP contribution in [0.2, 0.25) is 5.02 Å². The molecule has 0 bridgehead atoms. The number of halogens is 1. The van der Waals surface area contributed by atoms with Crippen molar-refractivity contribution in [3.8, 4) is 5.75 Å². The highest BCUT2D eigenvalue weighted by molar-refractivity contribution is 6.30. The normalized spacial score (nSPS) is 11.6. The number of nitrogens with zero attached hydrogens (tertiary/aromatic N) is 1. The van der Waals surface area contributed by atoms with E-state index in [2.05, 4.69) is 12.2 Å². The number of ether oxygens (including phenoxy) is 1. The number of nitrogens with one attached hydrogen (secondary N) is 1. The molecule has 2 aromatic carbocycles. The van der Waals surface area contributed by atoms with Gasteiger partial charge >= 0.3 is 0 Å². The molecule has 2 amide bonds. The van der Waals surface area contributed by atoms with Crippen molar-refractivity contribution >= 4 is 23.4 Å². The van der Waals surface area contributed by atoms with E-state index in [1.54, 1.807) is 24.0 Å². The van der Waals surface area contributed by atoms with E-state index >= 15 is 0 Å². The Balaban J connectivity index is 2.11. The molecular formula is C24H31ClN2O3. The van der Waals surface area contributed by atoms with Gasteiger partial charge in [-0.3, -0.25) is 9.59 Å². The molecule has 0 fully saturated rings. The number of benzene rings is 2. The van der Waals surface area contributed by atoms with Crippen LogP contribution in [0.3, 0.4) is 0 Å². The van der Waals surface area contributed by atoms with Crippen LogP contribution in [0.1, 0.15) is 43.4 Å². The van der Waals surface area contributed by atoms with E-state index in [1.807, 2.05) is 44.2 Å². The van der Waals surface area contributed by atoms with E-state index in [0.29, 0.717) is 23.9 Å². The molecule has 30 heavy (non-hydrogen) atoms. The van der Waals surface area contributed by atoms with E-state index in [-0.39, 0.29) is 18.4 Å². The van der Waals surface area contributed by atoms with Gasteiger partial charge in [0.1, 0.15) is 11.8 Å². The van der Waals surface area contributed by atoms with Crippen LogP contribution < -0.4 is 10.1 Å². The third-order valence-corrected chi connectivity index (χ3v) is 5.36. The smallest absolute Gasteiger partial charge is 0.261 e. The highest BCUT2D eigenvalue weighted by Crippen LogP contribution is 2.18. The first kappa shape index (κ1) is 23.7. The van der Waals surface area contributed by atoms with Gasteiger partial charge in [-0.1, -0.05) is 43.1 Å². The number of hydrogen-bond acceptors (Lipinski definition) is 3. The predicted octanol–water partition coefficient (Wildman–Crippen LogP) is 4.67. The van der Waals surface area contributed by atoms with Gasteiger partial charge < -0.3 is 15.0 Å². The molecule has 0 radical (unpaired) electrons. The number of unbranched alkanes of at least 4 members (excludes halogenated alkanes) is 1. The number of carbonyl (C=O) groups is 2. The van der Waals surface area contributed by atoms with E-state index in [0.717, 1.165) is 29.5 Å². The second-order valence-electron chi connectivity index (χ2n) is 7.50.